The van der Waals surface area contributed by atoms with Gasteiger partial charge in [0, 0.05) is 6.08 Å². The van der Waals surface area contributed by atoms with Crippen molar-refractivity contribution in [3.8, 4) is 5.75 Å². The van der Waals surface area contributed by atoms with Gasteiger partial charge in [0.15, 0.2) is 0 Å². The number of aromatic hydroxyl groups is 1. The lowest BCUT2D eigenvalue weighted by molar-refractivity contribution is -0.113. The van der Waals surface area contributed by atoms with Gasteiger partial charge in [-0.2, -0.15) is 5.11 Å². The largest absolute Gasteiger partial charge is 0.508 e. The van der Waals surface area contributed by atoms with E-state index in [1.165, 1.54) is 12.3 Å². The second-order valence-corrected chi connectivity index (χ2v) is 2.20. The van der Waals surface area contributed by atoms with Crippen molar-refractivity contribution in [3.05, 3.63) is 42.6 Å². The second-order valence-electron chi connectivity index (χ2n) is 2.20. The monoisotopic (exact) mass is 176 g/mol. The number of benzene rings is 1. The normalized spacial score (nSPS) is 12.5. The number of rotatable bonds is 0. The lowest BCUT2D eigenvalue weighted by Crippen LogP contribution is -1.74. The van der Waals surface area contributed by atoms with Crippen LogP contribution in [0.3, 0.4) is 0 Å². The van der Waals surface area contributed by atoms with E-state index < -0.39 is 0 Å². The van der Waals surface area contributed by atoms with Gasteiger partial charge in [0.05, 0.1) is 6.20 Å². The topological polar surface area (TPSA) is 62.0 Å². The first kappa shape index (κ1) is 9.12. The third-order valence-electron chi connectivity index (χ3n) is 1.20. The van der Waals surface area contributed by atoms with E-state index in [-0.39, 0.29) is 5.91 Å². The number of carbonyl (C=O) groups excluding carboxylic acids is 1. The van der Waals surface area contributed by atoms with Crippen molar-refractivity contribution in [2.45, 2.75) is 0 Å². The molecule has 1 amide bonds. The Kier molecular flexibility index (Phi) is 3.38. The van der Waals surface area contributed by atoms with E-state index in [0.29, 0.717) is 5.75 Å². The quantitative estimate of drug-likeness (QED) is 0.656. The van der Waals surface area contributed by atoms with Crippen LogP contribution in [-0.2, 0) is 4.79 Å². The number of para-hydroxylation sites is 1. The highest BCUT2D eigenvalue weighted by molar-refractivity contribution is 5.89. The van der Waals surface area contributed by atoms with Crippen molar-refractivity contribution >= 4 is 5.91 Å². The van der Waals surface area contributed by atoms with Crippen LogP contribution >= 0.6 is 0 Å². The molecule has 13 heavy (non-hydrogen) atoms. The number of hydrogen-bond acceptors (Lipinski definition) is 3. The average Bonchev–Trinajstić information content (AvgIpc) is 2.58. The van der Waals surface area contributed by atoms with Crippen LogP contribution in [0.4, 0.5) is 0 Å². The van der Waals surface area contributed by atoms with Gasteiger partial charge in [0.2, 0.25) is 0 Å². The zero-order chi connectivity index (χ0) is 9.52. The molecular weight excluding hydrogens is 168 g/mol. The summed E-state index contributed by atoms with van der Waals surface area (Å²) in [5, 5.41) is 15.0. The zero-order valence-corrected chi connectivity index (χ0v) is 6.79. The van der Waals surface area contributed by atoms with Crippen LogP contribution in [-0.4, -0.2) is 11.0 Å². The van der Waals surface area contributed by atoms with Gasteiger partial charge in [-0.3, -0.25) is 4.79 Å². The Morgan fingerprint density at radius 2 is 1.85 bits per heavy atom. The molecule has 0 spiro atoms. The van der Waals surface area contributed by atoms with E-state index in [4.69, 9.17) is 5.11 Å². The molecule has 66 valence electrons. The molecule has 4 heteroatoms. The summed E-state index contributed by atoms with van der Waals surface area (Å²) in [6.07, 6.45) is 2.67. The lowest BCUT2D eigenvalue weighted by Gasteiger charge is -1.82. The summed E-state index contributed by atoms with van der Waals surface area (Å²) < 4.78 is 0. The molecule has 0 atom stereocenters. The molecule has 1 N–H and O–H groups in total. The Bertz CT molecular complexity index is 317. The molecule has 1 aliphatic heterocycles. The van der Waals surface area contributed by atoms with Gasteiger partial charge in [-0.15, -0.1) is 5.11 Å². The lowest BCUT2D eigenvalue weighted by atomic mass is 10.3. The molecule has 4 nitrogen and oxygen atoms in total. The van der Waals surface area contributed by atoms with E-state index in [9.17, 15) is 4.79 Å². The van der Waals surface area contributed by atoms with Crippen LogP contribution in [0, 0.1) is 0 Å². The highest BCUT2D eigenvalue weighted by atomic mass is 16.3. The fourth-order valence-electron chi connectivity index (χ4n) is 0.649. The minimum atomic E-state index is -0.269. The first-order chi connectivity index (χ1) is 6.29. The van der Waals surface area contributed by atoms with Crippen LogP contribution in [0.15, 0.2) is 52.8 Å². The number of phenols is 1. The van der Waals surface area contributed by atoms with Crippen molar-refractivity contribution < 1.29 is 9.90 Å². The van der Waals surface area contributed by atoms with Crippen molar-refractivity contribution in [3.63, 3.8) is 0 Å². The summed E-state index contributed by atoms with van der Waals surface area (Å²) in [5.74, 6) is 0.0532. The number of nitrogens with zero attached hydrogens (tertiary/aromatic N) is 2. The van der Waals surface area contributed by atoms with Crippen LogP contribution in [0.1, 0.15) is 0 Å². The van der Waals surface area contributed by atoms with Gasteiger partial charge in [-0.1, -0.05) is 18.2 Å². The maximum atomic E-state index is 9.90. The Balaban J connectivity index is 0.000000132. The highest BCUT2D eigenvalue weighted by Gasteiger charge is 1.92. The van der Waals surface area contributed by atoms with E-state index >= 15 is 0 Å². The molecule has 1 heterocycles. The smallest absolute Gasteiger partial charge is 0.289 e. The number of phenolic OH excluding ortho intramolecular Hbond substituents is 1. The van der Waals surface area contributed by atoms with Gasteiger partial charge >= 0.3 is 0 Å². The van der Waals surface area contributed by atoms with Gasteiger partial charge in [0.1, 0.15) is 5.75 Å². The van der Waals surface area contributed by atoms with Gasteiger partial charge in [-0.05, 0) is 12.1 Å². The molecule has 0 aliphatic carbocycles. The van der Waals surface area contributed by atoms with Gasteiger partial charge < -0.3 is 5.11 Å². The summed E-state index contributed by atoms with van der Waals surface area (Å²) in [7, 11) is 0. The minimum absolute atomic E-state index is 0.269. The van der Waals surface area contributed by atoms with Crippen molar-refractivity contribution in [1.29, 1.82) is 0 Å². The fourth-order valence-corrected chi connectivity index (χ4v) is 0.649. The second kappa shape index (κ2) is 4.82. The highest BCUT2D eigenvalue weighted by Crippen LogP contribution is 2.02. The predicted octanol–water partition coefficient (Wildman–Crippen LogP) is 1.88. The Morgan fingerprint density at radius 3 is 2.08 bits per heavy atom. The molecule has 1 aromatic rings. The molecule has 0 fully saturated rings. The van der Waals surface area contributed by atoms with Crippen molar-refractivity contribution in [2.24, 2.45) is 10.2 Å². The molecule has 1 aliphatic rings. The molecule has 1 aromatic carbocycles. The minimum Gasteiger partial charge on any atom is -0.508 e. The Morgan fingerprint density at radius 1 is 1.15 bits per heavy atom. The van der Waals surface area contributed by atoms with Gasteiger partial charge in [-0.25, -0.2) is 0 Å². The van der Waals surface area contributed by atoms with E-state index in [2.05, 4.69) is 10.2 Å². The fraction of sp³-hybridized carbons (Fsp3) is 0. The number of hydrogen-bond donors (Lipinski definition) is 1. The van der Waals surface area contributed by atoms with E-state index in [1.807, 2.05) is 6.07 Å². The maximum Gasteiger partial charge on any atom is 0.289 e. The summed E-state index contributed by atoms with van der Waals surface area (Å²) in [5.41, 5.74) is 0. The van der Waals surface area contributed by atoms with Crippen molar-refractivity contribution in [2.75, 3.05) is 0 Å². The Labute approximate surface area is 75.2 Å². The molecule has 0 unspecified atom stereocenters. The van der Waals surface area contributed by atoms with Crippen molar-refractivity contribution in [1.82, 2.24) is 0 Å². The third kappa shape index (κ3) is 3.81. The molecule has 0 radical (unpaired) electrons. The summed E-state index contributed by atoms with van der Waals surface area (Å²) in [6.45, 7) is 0. The maximum absolute atomic E-state index is 9.90. The number of amides is 1. The first-order valence-electron chi connectivity index (χ1n) is 3.64. The van der Waals surface area contributed by atoms with Crippen LogP contribution in [0.25, 0.3) is 0 Å². The summed E-state index contributed by atoms with van der Waals surface area (Å²) in [6, 6.07) is 8.71. The molecule has 0 bridgehead atoms. The third-order valence-corrected chi connectivity index (χ3v) is 1.20. The summed E-state index contributed by atoms with van der Waals surface area (Å²) in [4.78, 5) is 9.90. The summed E-state index contributed by atoms with van der Waals surface area (Å²) >= 11 is 0. The van der Waals surface area contributed by atoms with E-state index in [1.54, 1.807) is 24.3 Å². The number of azo groups is 1. The van der Waals surface area contributed by atoms with Crippen LogP contribution in [0.2, 0.25) is 0 Å². The Hall–Kier alpha value is -1.97. The molecule has 2 rings (SSSR count). The predicted molar refractivity (Wildman–Crippen MR) is 47.1 cm³/mol. The van der Waals surface area contributed by atoms with Crippen LogP contribution in [0.5, 0.6) is 5.75 Å². The number of carbonyl (C=O) groups is 1. The van der Waals surface area contributed by atoms with Crippen LogP contribution < -0.4 is 0 Å². The molecular formula is C9H8N2O2. The molecule has 0 aromatic heterocycles. The SMILES string of the molecule is O=C1C=CN=N1.Oc1ccccc1. The average molecular weight is 176 g/mol. The zero-order valence-electron chi connectivity index (χ0n) is 6.79. The molecule has 0 saturated heterocycles. The van der Waals surface area contributed by atoms with Gasteiger partial charge in [0.25, 0.3) is 5.91 Å². The first-order valence-corrected chi connectivity index (χ1v) is 3.64. The standard InChI is InChI=1S/C6H6O.C3H2N2O/c7-6-4-2-1-3-5-6;6-3-1-2-4-5-3/h1-5,7H;1-2H. The van der Waals surface area contributed by atoms with E-state index in [0.717, 1.165) is 0 Å². The molecule has 0 saturated carbocycles.